The van der Waals surface area contributed by atoms with Crippen LogP contribution in [-0.2, 0) is 13.1 Å². The lowest BCUT2D eigenvalue weighted by atomic mass is 10.1. The second kappa shape index (κ2) is 7.02. The van der Waals surface area contributed by atoms with Crippen molar-refractivity contribution >= 4 is 11.6 Å². The first-order valence-electron chi connectivity index (χ1n) is 8.52. The van der Waals surface area contributed by atoms with E-state index >= 15 is 0 Å². The lowest BCUT2D eigenvalue weighted by Crippen LogP contribution is -2.14. The summed E-state index contributed by atoms with van der Waals surface area (Å²) in [6.45, 7) is 5.85. The summed E-state index contributed by atoms with van der Waals surface area (Å²) < 4.78 is 13.0. The molecule has 26 heavy (non-hydrogen) atoms. The summed E-state index contributed by atoms with van der Waals surface area (Å²) in [6, 6.07) is 13.7. The molecular formula is C20H20ClN3O2. The van der Waals surface area contributed by atoms with Gasteiger partial charge < -0.3 is 14.8 Å². The van der Waals surface area contributed by atoms with Gasteiger partial charge in [-0.3, -0.25) is 0 Å². The first-order valence-corrected chi connectivity index (χ1v) is 8.90. The van der Waals surface area contributed by atoms with E-state index in [0.29, 0.717) is 13.3 Å². The van der Waals surface area contributed by atoms with E-state index in [1.807, 2.05) is 48.0 Å². The Kier molecular flexibility index (Phi) is 4.57. The third-order valence-corrected chi connectivity index (χ3v) is 4.86. The lowest BCUT2D eigenvalue weighted by Gasteiger charge is -2.09. The minimum absolute atomic E-state index is 0.290. The summed E-state index contributed by atoms with van der Waals surface area (Å²) in [5, 5.41) is 8.90. The minimum atomic E-state index is 0.290. The van der Waals surface area contributed by atoms with Gasteiger partial charge in [0.15, 0.2) is 11.5 Å². The minimum Gasteiger partial charge on any atom is -0.454 e. The van der Waals surface area contributed by atoms with Gasteiger partial charge >= 0.3 is 0 Å². The summed E-state index contributed by atoms with van der Waals surface area (Å²) in [7, 11) is 0. The smallest absolute Gasteiger partial charge is 0.231 e. The number of nitrogens with zero attached hydrogens (tertiary/aromatic N) is 2. The molecule has 0 atom stereocenters. The largest absolute Gasteiger partial charge is 0.454 e. The zero-order chi connectivity index (χ0) is 18.1. The number of ether oxygens (including phenoxy) is 2. The van der Waals surface area contributed by atoms with Gasteiger partial charge in [-0.05, 0) is 44.2 Å². The maximum absolute atomic E-state index is 5.98. The van der Waals surface area contributed by atoms with E-state index in [0.717, 1.165) is 45.7 Å². The van der Waals surface area contributed by atoms with Crippen molar-refractivity contribution in [3.63, 3.8) is 0 Å². The zero-order valence-electron chi connectivity index (χ0n) is 14.8. The van der Waals surface area contributed by atoms with Gasteiger partial charge in [0, 0.05) is 34.9 Å². The van der Waals surface area contributed by atoms with Gasteiger partial charge in [-0.1, -0.05) is 23.7 Å². The van der Waals surface area contributed by atoms with Gasteiger partial charge in [0.2, 0.25) is 6.79 Å². The molecule has 1 N–H and O–H groups in total. The number of fused-ring (bicyclic) bond motifs is 1. The van der Waals surface area contributed by atoms with Gasteiger partial charge in [-0.25, -0.2) is 4.68 Å². The quantitative estimate of drug-likeness (QED) is 0.733. The Hall–Kier alpha value is -2.50. The van der Waals surface area contributed by atoms with Crippen molar-refractivity contribution in [2.24, 2.45) is 0 Å². The van der Waals surface area contributed by atoms with Crippen LogP contribution in [0.3, 0.4) is 0 Å². The van der Waals surface area contributed by atoms with Gasteiger partial charge in [-0.15, -0.1) is 0 Å². The molecule has 2 aromatic carbocycles. The van der Waals surface area contributed by atoms with E-state index in [1.165, 1.54) is 5.56 Å². The predicted octanol–water partition coefficient (Wildman–Crippen LogP) is 4.16. The number of nitrogens with one attached hydrogen (secondary N) is 1. The van der Waals surface area contributed by atoms with E-state index in [-0.39, 0.29) is 0 Å². The Morgan fingerprint density at radius 1 is 1.08 bits per heavy atom. The summed E-state index contributed by atoms with van der Waals surface area (Å²) in [5.41, 5.74) is 5.44. The van der Waals surface area contributed by atoms with E-state index in [2.05, 4.69) is 23.4 Å². The molecule has 4 rings (SSSR count). The number of rotatable bonds is 5. The van der Waals surface area contributed by atoms with Crippen LogP contribution in [0.15, 0.2) is 42.5 Å². The van der Waals surface area contributed by atoms with Crippen molar-refractivity contribution in [1.29, 1.82) is 0 Å². The maximum atomic E-state index is 5.98. The number of hydrogen-bond acceptors (Lipinski definition) is 4. The molecule has 0 amide bonds. The Morgan fingerprint density at radius 2 is 1.88 bits per heavy atom. The van der Waals surface area contributed by atoms with Crippen molar-refractivity contribution in [3.8, 4) is 17.2 Å². The Morgan fingerprint density at radius 3 is 2.69 bits per heavy atom. The fourth-order valence-electron chi connectivity index (χ4n) is 3.22. The molecule has 0 saturated heterocycles. The molecule has 0 saturated carbocycles. The topological polar surface area (TPSA) is 48.3 Å². The highest BCUT2D eigenvalue weighted by atomic mass is 35.5. The van der Waals surface area contributed by atoms with Crippen molar-refractivity contribution in [1.82, 2.24) is 15.1 Å². The molecule has 3 aromatic rings. The van der Waals surface area contributed by atoms with Crippen LogP contribution in [0.1, 0.15) is 22.5 Å². The van der Waals surface area contributed by atoms with E-state index in [9.17, 15) is 0 Å². The summed E-state index contributed by atoms with van der Waals surface area (Å²) in [4.78, 5) is 0. The highest BCUT2D eigenvalue weighted by Gasteiger charge is 2.17. The SMILES string of the molecule is Cc1nn(-c2ccc(Cl)cc2)c(C)c1CNCc1cccc2c1OCO2. The van der Waals surface area contributed by atoms with Gasteiger partial charge in [-0.2, -0.15) is 5.10 Å². The normalized spacial score (nSPS) is 12.6. The van der Waals surface area contributed by atoms with Crippen LogP contribution >= 0.6 is 11.6 Å². The first kappa shape index (κ1) is 16.9. The monoisotopic (exact) mass is 369 g/mol. The van der Waals surface area contributed by atoms with Crippen molar-refractivity contribution in [3.05, 3.63) is 70.0 Å². The van der Waals surface area contributed by atoms with Crippen molar-refractivity contribution < 1.29 is 9.47 Å². The van der Waals surface area contributed by atoms with E-state index in [4.69, 9.17) is 21.1 Å². The predicted molar refractivity (Wildman–Crippen MR) is 101 cm³/mol. The molecule has 5 nitrogen and oxygen atoms in total. The van der Waals surface area contributed by atoms with Crippen LogP contribution in [0.5, 0.6) is 11.5 Å². The number of benzene rings is 2. The zero-order valence-corrected chi connectivity index (χ0v) is 15.5. The maximum Gasteiger partial charge on any atom is 0.231 e. The van der Waals surface area contributed by atoms with Crippen LogP contribution in [0, 0.1) is 13.8 Å². The molecule has 0 fully saturated rings. The molecule has 2 heterocycles. The number of aromatic nitrogens is 2. The molecule has 0 spiro atoms. The molecule has 134 valence electrons. The van der Waals surface area contributed by atoms with Crippen molar-refractivity contribution in [2.75, 3.05) is 6.79 Å². The fourth-order valence-corrected chi connectivity index (χ4v) is 3.34. The lowest BCUT2D eigenvalue weighted by molar-refractivity contribution is 0.173. The van der Waals surface area contributed by atoms with Gasteiger partial charge in [0.1, 0.15) is 0 Å². The average Bonchev–Trinajstić information content (AvgIpc) is 3.22. The van der Waals surface area contributed by atoms with Crippen LogP contribution in [0.4, 0.5) is 0 Å². The van der Waals surface area contributed by atoms with Gasteiger partial charge in [0.25, 0.3) is 0 Å². The van der Waals surface area contributed by atoms with Crippen LogP contribution in [0.2, 0.25) is 5.02 Å². The van der Waals surface area contributed by atoms with Crippen LogP contribution in [-0.4, -0.2) is 16.6 Å². The Labute approximate surface area is 157 Å². The number of hydrogen-bond donors (Lipinski definition) is 1. The molecule has 0 radical (unpaired) electrons. The summed E-state index contributed by atoms with van der Waals surface area (Å²) in [5.74, 6) is 1.65. The molecule has 1 aliphatic heterocycles. The standard InChI is InChI=1S/C20H20ClN3O2/c1-13-18(14(2)24(23-13)17-8-6-16(21)7-9-17)11-22-10-15-4-3-5-19-20(15)26-12-25-19/h3-9,22H,10-12H2,1-2H3. The third-order valence-electron chi connectivity index (χ3n) is 4.61. The number of para-hydroxylation sites is 1. The molecular weight excluding hydrogens is 350 g/mol. The van der Waals surface area contributed by atoms with E-state index in [1.54, 1.807) is 0 Å². The summed E-state index contributed by atoms with van der Waals surface area (Å²) in [6.07, 6.45) is 0. The third kappa shape index (κ3) is 3.16. The Bertz CT molecular complexity index is 935. The molecule has 1 aromatic heterocycles. The highest BCUT2D eigenvalue weighted by molar-refractivity contribution is 6.30. The number of halogens is 1. The highest BCUT2D eigenvalue weighted by Crippen LogP contribution is 2.35. The average molecular weight is 370 g/mol. The van der Waals surface area contributed by atoms with Gasteiger partial charge in [0.05, 0.1) is 11.4 Å². The molecule has 6 heteroatoms. The fraction of sp³-hybridized carbons (Fsp3) is 0.250. The van der Waals surface area contributed by atoms with E-state index < -0.39 is 0 Å². The molecule has 1 aliphatic rings. The molecule has 0 unspecified atom stereocenters. The first-order chi connectivity index (χ1) is 12.6. The van der Waals surface area contributed by atoms with Crippen LogP contribution < -0.4 is 14.8 Å². The molecule has 0 bridgehead atoms. The van der Waals surface area contributed by atoms with Crippen molar-refractivity contribution in [2.45, 2.75) is 26.9 Å². The Balaban J connectivity index is 1.49. The van der Waals surface area contributed by atoms with Crippen LogP contribution in [0.25, 0.3) is 5.69 Å². The second-order valence-corrected chi connectivity index (χ2v) is 6.73. The molecule has 0 aliphatic carbocycles. The number of aryl methyl sites for hydroxylation is 1. The summed E-state index contributed by atoms with van der Waals surface area (Å²) >= 11 is 5.98. The second-order valence-electron chi connectivity index (χ2n) is 6.29.